The largest absolute Gasteiger partial charge is 0.236 e. The van der Waals surface area contributed by atoms with Gasteiger partial charge in [0.2, 0.25) is 0 Å². The Kier molecular flexibility index (Phi) is 6.33. The smallest absolute Gasteiger partial charge is 0.159 e. The number of hydrogen-bond acceptors (Lipinski definition) is 2. The Hall–Kier alpha value is -3.58. The van der Waals surface area contributed by atoms with Gasteiger partial charge >= 0.3 is 0 Å². The van der Waals surface area contributed by atoms with Gasteiger partial charge in [0.15, 0.2) is 5.82 Å². The van der Waals surface area contributed by atoms with Crippen molar-refractivity contribution in [2.75, 3.05) is 0 Å². The van der Waals surface area contributed by atoms with Crippen molar-refractivity contribution in [3.8, 4) is 23.2 Å². The van der Waals surface area contributed by atoms with Crippen LogP contribution in [-0.2, 0) is 6.42 Å². The Morgan fingerprint density at radius 2 is 1.58 bits per heavy atom. The standard InChI is InChI=1S/C27H22F2N2/c1-2-3-4-5-20-17-30-27(31-18-20)24-11-10-21(26(29)16-24)8-6-19-7-9-23-15-25(28)13-12-22(23)14-19/h7,9-18H,2-5H2,1H3. The molecule has 0 aliphatic rings. The van der Waals surface area contributed by atoms with Gasteiger partial charge in [-0.3, -0.25) is 0 Å². The lowest BCUT2D eigenvalue weighted by molar-refractivity contribution is 0.624. The van der Waals surface area contributed by atoms with Gasteiger partial charge in [-0.1, -0.05) is 43.7 Å². The molecular formula is C27H22F2N2. The van der Waals surface area contributed by atoms with Crippen molar-refractivity contribution in [1.29, 1.82) is 0 Å². The maximum absolute atomic E-state index is 14.6. The molecule has 0 spiro atoms. The van der Waals surface area contributed by atoms with Crippen molar-refractivity contribution >= 4 is 10.8 Å². The number of unbranched alkanes of at least 4 members (excludes halogenated alkanes) is 2. The summed E-state index contributed by atoms with van der Waals surface area (Å²) in [6, 6.07) is 14.9. The summed E-state index contributed by atoms with van der Waals surface area (Å²) in [4.78, 5) is 8.77. The maximum Gasteiger partial charge on any atom is 0.159 e. The van der Waals surface area contributed by atoms with Crippen molar-refractivity contribution < 1.29 is 8.78 Å². The SMILES string of the molecule is CCCCCc1cnc(-c2ccc(C#Cc3ccc4cc(F)ccc4c3)c(F)c2)nc1. The van der Waals surface area contributed by atoms with Gasteiger partial charge in [0.25, 0.3) is 0 Å². The van der Waals surface area contributed by atoms with Gasteiger partial charge in [0.1, 0.15) is 11.6 Å². The van der Waals surface area contributed by atoms with Crippen molar-refractivity contribution in [2.24, 2.45) is 0 Å². The van der Waals surface area contributed by atoms with Crippen LogP contribution in [0.25, 0.3) is 22.2 Å². The predicted octanol–water partition coefficient (Wildman–Crippen LogP) is 6.71. The summed E-state index contributed by atoms with van der Waals surface area (Å²) < 4.78 is 27.9. The Morgan fingerprint density at radius 1 is 0.806 bits per heavy atom. The molecule has 2 nitrogen and oxygen atoms in total. The molecular weight excluding hydrogens is 390 g/mol. The van der Waals surface area contributed by atoms with E-state index in [-0.39, 0.29) is 5.82 Å². The van der Waals surface area contributed by atoms with E-state index in [0.29, 0.717) is 17.0 Å². The molecule has 0 N–H and O–H groups in total. The fraction of sp³-hybridized carbons (Fsp3) is 0.185. The highest BCUT2D eigenvalue weighted by Crippen LogP contribution is 2.20. The second-order valence-corrected chi connectivity index (χ2v) is 7.52. The molecule has 154 valence electrons. The molecule has 3 aromatic carbocycles. The zero-order chi connectivity index (χ0) is 21.6. The number of aromatic nitrogens is 2. The zero-order valence-electron chi connectivity index (χ0n) is 17.3. The maximum atomic E-state index is 14.6. The van der Waals surface area contributed by atoms with Crippen LogP contribution in [-0.4, -0.2) is 9.97 Å². The molecule has 0 amide bonds. The van der Waals surface area contributed by atoms with E-state index in [4.69, 9.17) is 0 Å². The molecule has 0 saturated carbocycles. The van der Waals surface area contributed by atoms with Crippen LogP contribution >= 0.6 is 0 Å². The number of rotatable bonds is 5. The van der Waals surface area contributed by atoms with E-state index in [9.17, 15) is 8.78 Å². The first-order chi connectivity index (χ1) is 15.1. The molecule has 0 aliphatic carbocycles. The van der Waals surface area contributed by atoms with Gasteiger partial charge < -0.3 is 0 Å². The predicted molar refractivity (Wildman–Crippen MR) is 121 cm³/mol. The number of fused-ring (bicyclic) bond motifs is 1. The summed E-state index contributed by atoms with van der Waals surface area (Å²) in [6.45, 7) is 2.17. The van der Waals surface area contributed by atoms with Crippen molar-refractivity contribution in [2.45, 2.75) is 32.6 Å². The molecule has 0 atom stereocenters. The van der Waals surface area contributed by atoms with Crippen LogP contribution in [0.4, 0.5) is 8.78 Å². The number of hydrogen-bond donors (Lipinski definition) is 0. The summed E-state index contributed by atoms with van der Waals surface area (Å²) in [6.07, 6.45) is 8.07. The lowest BCUT2D eigenvalue weighted by atomic mass is 10.1. The summed E-state index contributed by atoms with van der Waals surface area (Å²) in [5.41, 5.74) is 2.76. The van der Waals surface area contributed by atoms with Crippen LogP contribution in [0.2, 0.25) is 0 Å². The molecule has 0 fully saturated rings. The van der Waals surface area contributed by atoms with E-state index in [1.54, 1.807) is 24.3 Å². The van der Waals surface area contributed by atoms with Crippen LogP contribution in [0, 0.1) is 23.5 Å². The van der Waals surface area contributed by atoms with Gasteiger partial charge in [-0.05, 0) is 71.6 Å². The Morgan fingerprint density at radius 3 is 2.35 bits per heavy atom. The van der Waals surface area contributed by atoms with Crippen LogP contribution in [0.15, 0.2) is 67.0 Å². The molecule has 1 heterocycles. The van der Waals surface area contributed by atoms with E-state index >= 15 is 0 Å². The normalized spacial score (nSPS) is 10.7. The first kappa shape index (κ1) is 20.7. The van der Waals surface area contributed by atoms with Gasteiger partial charge in [-0.25, -0.2) is 18.7 Å². The van der Waals surface area contributed by atoms with Crippen LogP contribution in [0.5, 0.6) is 0 Å². The molecule has 31 heavy (non-hydrogen) atoms. The summed E-state index contributed by atoms with van der Waals surface area (Å²) in [5, 5.41) is 1.69. The quantitative estimate of drug-likeness (QED) is 0.269. The third kappa shape index (κ3) is 5.13. The fourth-order valence-corrected chi connectivity index (χ4v) is 3.40. The number of halogens is 2. The van der Waals surface area contributed by atoms with E-state index in [2.05, 4.69) is 28.7 Å². The van der Waals surface area contributed by atoms with Crippen molar-refractivity contribution in [3.63, 3.8) is 0 Å². The number of nitrogens with zero attached hydrogens (tertiary/aromatic N) is 2. The first-order valence-electron chi connectivity index (χ1n) is 10.4. The highest BCUT2D eigenvalue weighted by atomic mass is 19.1. The minimum absolute atomic E-state index is 0.274. The third-order valence-electron chi connectivity index (χ3n) is 5.15. The second-order valence-electron chi connectivity index (χ2n) is 7.52. The van der Waals surface area contributed by atoms with Gasteiger partial charge in [0.05, 0.1) is 5.56 Å². The third-order valence-corrected chi connectivity index (χ3v) is 5.15. The van der Waals surface area contributed by atoms with Crippen molar-refractivity contribution in [1.82, 2.24) is 9.97 Å². The highest BCUT2D eigenvalue weighted by Gasteiger charge is 2.06. The topological polar surface area (TPSA) is 25.8 Å². The van der Waals surface area contributed by atoms with E-state index in [0.717, 1.165) is 34.7 Å². The first-order valence-corrected chi connectivity index (χ1v) is 10.4. The molecule has 0 unspecified atom stereocenters. The summed E-state index contributed by atoms with van der Waals surface area (Å²) >= 11 is 0. The molecule has 0 bridgehead atoms. The minimum Gasteiger partial charge on any atom is -0.236 e. The van der Waals surface area contributed by atoms with E-state index < -0.39 is 5.82 Å². The fourth-order valence-electron chi connectivity index (χ4n) is 3.40. The average molecular weight is 412 g/mol. The molecule has 4 aromatic rings. The van der Waals surface area contributed by atoms with E-state index in [1.807, 2.05) is 24.5 Å². The highest BCUT2D eigenvalue weighted by molar-refractivity contribution is 5.84. The van der Waals surface area contributed by atoms with Gasteiger partial charge in [-0.15, -0.1) is 0 Å². The summed E-state index contributed by atoms with van der Waals surface area (Å²) in [5.74, 6) is 5.68. The Labute approximate surface area is 181 Å². The van der Waals surface area contributed by atoms with Crippen LogP contribution in [0.1, 0.15) is 42.9 Å². The van der Waals surface area contributed by atoms with Crippen molar-refractivity contribution in [3.05, 3.63) is 95.3 Å². The molecule has 1 aromatic heterocycles. The number of aryl methyl sites for hydroxylation is 1. The van der Waals surface area contributed by atoms with Crippen LogP contribution in [0.3, 0.4) is 0 Å². The molecule has 0 aliphatic heterocycles. The Balaban J connectivity index is 1.51. The summed E-state index contributed by atoms with van der Waals surface area (Å²) in [7, 11) is 0. The lowest BCUT2D eigenvalue weighted by Crippen LogP contribution is -1.94. The molecule has 0 radical (unpaired) electrons. The van der Waals surface area contributed by atoms with Gasteiger partial charge in [-0.2, -0.15) is 0 Å². The Bertz CT molecular complexity index is 1270. The molecule has 4 heteroatoms. The zero-order valence-corrected chi connectivity index (χ0v) is 17.3. The average Bonchev–Trinajstić information content (AvgIpc) is 2.79. The monoisotopic (exact) mass is 412 g/mol. The minimum atomic E-state index is -0.413. The van der Waals surface area contributed by atoms with Gasteiger partial charge in [0, 0.05) is 23.5 Å². The molecule has 0 saturated heterocycles. The van der Waals surface area contributed by atoms with Crippen LogP contribution < -0.4 is 0 Å². The second kappa shape index (κ2) is 9.49. The number of benzene rings is 3. The van der Waals surface area contributed by atoms with E-state index in [1.165, 1.54) is 31.0 Å². The lowest BCUT2D eigenvalue weighted by Gasteiger charge is -2.04. The molecule has 4 rings (SSSR count).